The molecule has 1 saturated carbocycles. The van der Waals surface area contributed by atoms with Crippen LogP contribution in [-0.4, -0.2) is 34.1 Å². The molecule has 0 radical (unpaired) electrons. The number of rotatable bonds is 9. The molecule has 0 aliphatic heterocycles. The van der Waals surface area contributed by atoms with Gasteiger partial charge < -0.3 is 20.3 Å². The van der Waals surface area contributed by atoms with E-state index in [0.717, 1.165) is 11.1 Å². The summed E-state index contributed by atoms with van der Waals surface area (Å²) in [6, 6.07) is 15.8. The molecule has 0 spiro atoms. The van der Waals surface area contributed by atoms with Crippen molar-refractivity contribution >= 4 is 17.8 Å². The van der Waals surface area contributed by atoms with Crippen LogP contribution >= 0.6 is 0 Å². The predicted octanol–water partition coefficient (Wildman–Crippen LogP) is 3.90. The van der Waals surface area contributed by atoms with Crippen LogP contribution in [0.4, 0.5) is 0 Å². The summed E-state index contributed by atoms with van der Waals surface area (Å²) in [5.41, 5.74) is 0.0143. The van der Waals surface area contributed by atoms with E-state index in [0.29, 0.717) is 25.2 Å². The van der Waals surface area contributed by atoms with Crippen molar-refractivity contribution in [1.29, 1.82) is 0 Å². The zero-order chi connectivity index (χ0) is 24.2. The summed E-state index contributed by atoms with van der Waals surface area (Å²) in [5, 5.41) is 21.9. The van der Waals surface area contributed by atoms with E-state index < -0.39 is 40.6 Å². The molecule has 3 unspecified atom stereocenters. The highest BCUT2D eigenvalue weighted by Crippen LogP contribution is 2.56. The molecule has 7 nitrogen and oxygen atoms in total. The first-order valence-electron chi connectivity index (χ1n) is 11.1. The van der Waals surface area contributed by atoms with Gasteiger partial charge in [-0.15, -0.1) is 0 Å². The molecule has 7 heteroatoms. The highest BCUT2D eigenvalue weighted by Gasteiger charge is 2.58. The van der Waals surface area contributed by atoms with Crippen molar-refractivity contribution in [3.05, 3.63) is 65.7 Å². The largest absolute Gasteiger partial charge is 0.489 e. The van der Waals surface area contributed by atoms with Gasteiger partial charge in [-0.05, 0) is 41.5 Å². The number of amides is 1. The van der Waals surface area contributed by atoms with Crippen molar-refractivity contribution in [3.8, 4) is 5.75 Å². The molecule has 176 valence electrons. The van der Waals surface area contributed by atoms with Crippen LogP contribution in [0.25, 0.3) is 0 Å². The van der Waals surface area contributed by atoms with Gasteiger partial charge in [-0.1, -0.05) is 63.2 Å². The fourth-order valence-electron chi connectivity index (χ4n) is 4.55. The number of carbonyl (C=O) groups excluding carboxylic acids is 1. The standard InChI is InChI=1S/C26H31NO6/c1-25(2)20(22(28)29)13-14-26(25,3)24(32)27-21(23(30)31)15-17-9-11-19(12-10-17)33-16-18-7-5-4-6-8-18/h4-12,20-21H,13-16H2,1-3H3,(H,27,32)(H,28,29)(H,30,31). The van der Waals surface area contributed by atoms with Crippen LogP contribution in [0.2, 0.25) is 0 Å². The Morgan fingerprint density at radius 2 is 1.64 bits per heavy atom. The molecule has 3 rings (SSSR count). The van der Waals surface area contributed by atoms with Gasteiger partial charge in [0.15, 0.2) is 0 Å². The third-order valence-electron chi connectivity index (χ3n) is 7.24. The van der Waals surface area contributed by atoms with Crippen LogP contribution in [0.3, 0.4) is 0 Å². The van der Waals surface area contributed by atoms with E-state index in [4.69, 9.17) is 4.74 Å². The number of aliphatic carboxylic acids is 2. The van der Waals surface area contributed by atoms with Gasteiger partial charge in [-0.25, -0.2) is 4.79 Å². The summed E-state index contributed by atoms with van der Waals surface area (Å²) < 4.78 is 5.76. The van der Waals surface area contributed by atoms with Crippen molar-refractivity contribution in [3.63, 3.8) is 0 Å². The van der Waals surface area contributed by atoms with Crippen molar-refractivity contribution < 1.29 is 29.3 Å². The maximum absolute atomic E-state index is 13.1. The molecule has 3 N–H and O–H groups in total. The third kappa shape index (κ3) is 5.18. The first-order chi connectivity index (χ1) is 15.5. The SMILES string of the molecule is CC1(C(=O)NC(Cc2ccc(OCc3ccccc3)cc2)C(=O)O)CCC(C(=O)O)C1(C)C. The normalized spacial score (nSPS) is 22.3. The fraction of sp³-hybridized carbons (Fsp3) is 0.423. The number of hydrogen-bond acceptors (Lipinski definition) is 4. The molecular formula is C26H31NO6. The van der Waals surface area contributed by atoms with Crippen molar-refractivity contribution in [2.75, 3.05) is 0 Å². The van der Waals surface area contributed by atoms with Crippen LogP contribution in [0, 0.1) is 16.7 Å². The van der Waals surface area contributed by atoms with Gasteiger partial charge >= 0.3 is 11.9 Å². The predicted molar refractivity (Wildman–Crippen MR) is 123 cm³/mol. The van der Waals surface area contributed by atoms with Gasteiger partial charge in [0.1, 0.15) is 18.4 Å². The summed E-state index contributed by atoms with van der Waals surface area (Å²) in [7, 11) is 0. The monoisotopic (exact) mass is 453 g/mol. The van der Waals surface area contributed by atoms with E-state index in [1.54, 1.807) is 45.0 Å². The topological polar surface area (TPSA) is 113 Å². The molecular weight excluding hydrogens is 422 g/mol. The molecule has 1 aliphatic rings. The molecule has 1 fully saturated rings. The lowest BCUT2D eigenvalue weighted by Crippen LogP contribution is -2.53. The minimum atomic E-state index is -1.14. The lowest BCUT2D eigenvalue weighted by atomic mass is 9.65. The molecule has 0 heterocycles. The zero-order valence-corrected chi connectivity index (χ0v) is 19.2. The fourth-order valence-corrected chi connectivity index (χ4v) is 4.55. The number of carboxylic acid groups (broad SMARTS) is 2. The number of hydrogen-bond donors (Lipinski definition) is 3. The maximum Gasteiger partial charge on any atom is 0.326 e. The summed E-state index contributed by atoms with van der Waals surface area (Å²) in [6.07, 6.45) is 0.885. The molecule has 0 saturated heterocycles. The van der Waals surface area contributed by atoms with Crippen LogP contribution in [-0.2, 0) is 27.4 Å². The number of ether oxygens (including phenoxy) is 1. The molecule has 0 aromatic heterocycles. The van der Waals surface area contributed by atoms with Crippen molar-refractivity contribution in [2.24, 2.45) is 16.7 Å². The summed E-state index contributed by atoms with van der Waals surface area (Å²) >= 11 is 0. The molecule has 2 aromatic rings. The summed E-state index contributed by atoms with van der Waals surface area (Å²) in [5.74, 6) is -2.48. The first kappa shape index (κ1) is 24.3. The lowest BCUT2D eigenvalue weighted by molar-refractivity contribution is -0.151. The highest BCUT2D eigenvalue weighted by molar-refractivity contribution is 5.89. The Bertz CT molecular complexity index is 1000. The molecule has 2 aromatic carbocycles. The Balaban J connectivity index is 1.64. The van der Waals surface area contributed by atoms with E-state index in [9.17, 15) is 24.6 Å². The first-order valence-corrected chi connectivity index (χ1v) is 11.1. The average Bonchev–Trinajstić information content (AvgIpc) is 3.03. The highest BCUT2D eigenvalue weighted by atomic mass is 16.5. The Hall–Kier alpha value is -3.35. The maximum atomic E-state index is 13.1. The average molecular weight is 454 g/mol. The zero-order valence-electron chi connectivity index (χ0n) is 19.2. The Kier molecular flexibility index (Phi) is 7.10. The molecule has 3 atom stereocenters. The smallest absolute Gasteiger partial charge is 0.326 e. The van der Waals surface area contributed by atoms with E-state index in [1.807, 2.05) is 30.3 Å². The van der Waals surface area contributed by atoms with Crippen LogP contribution < -0.4 is 10.1 Å². The van der Waals surface area contributed by atoms with Crippen molar-refractivity contribution in [2.45, 2.75) is 52.7 Å². The third-order valence-corrected chi connectivity index (χ3v) is 7.24. The molecule has 33 heavy (non-hydrogen) atoms. The van der Waals surface area contributed by atoms with Gasteiger partial charge in [0.05, 0.1) is 11.3 Å². The number of carboxylic acids is 2. The van der Waals surface area contributed by atoms with E-state index in [-0.39, 0.29) is 6.42 Å². The van der Waals surface area contributed by atoms with Crippen LogP contribution in [0.5, 0.6) is 5.75 Å². The van der Waals surface area contributed by atoms with Crippen LogP contribution in [0.1, 0.15) is 44.7 Å². The van der Waals surface area contributed by atoms with Gasteiger partial charge in [-0.2, -0.15) is 0 Å². The number of nitrogens with one attached hydrogen (secondary N) is 1. The Morgan fingerprint density at radius 3 is 2.18 bits per heavy atom. The Labute approximate surface area is 193 Å². The van der Waals surface area contributed by atoms with Crippen LogP contribution in [0.15, 0.2) is 54.6 Å². The second-order valence-electron chi connectivity index (χ2n) is 9.47. The second-order valence-corrected chi connectivity index (χ2v) is 9.47. The second kappa shape index (κ2) is 9.65. The van der Waals surface area contributed by atoms with Gasteiger partial charge in [0.2, 0.25) is 5.91 Å². The number of benzene rings is 2. The van der Waals surface area contributed by atoms with E-state index in [1.165, 1.54) is 0 Å². The van der Waals surface area contributed by atoms with Gasteiger partial charge in [0.25, 0.3) is 0 Å². The number of carbonyl (C=O) groups is 3. The quantitative estimate of drug-likeness (QED) is 0.531. The van der Waals surface area contributed by atoms with Gasteiger partial charge in [-0.3, -0.25) is 9.59 Å². The summed E-state index contributed by atoms with van der Waals surface area (Å²) in [4.78, 5) is 36.6. The molecule has 1 aliphatic carbocycles. The van der Waals surface area contributed by atoms with Gasteiger partial charge in [0, 0.05) is 6.42 Å². The minimum absolute atomic E-state index is 0.110. The van der Waals surface area contributed by atoms with Crippen molar-refractivity contribution in [1.82, 2.24) is 5.32 Å². The Morgan fingerprint density at radius 1 is 1.00 bits per heavy atom. The summed E-state index contributed by atoms with van der Waals surface area (Å²) in [6.45, 7) is 5.69. The van der Waals surface area contributed by atoms with E-state index >= 15 is 0 Å². The van der Waals surface area contributed by atoms with E-state index in [2.05, 4.69) is 5.32 Å². The molecule has 0 bridgehead atoms. The minimum Gasteiger partial charge on any atom is -0.489 e. The molecule has 1 amide bonds. The lowest BCUT2D eigenvalue weighted by Gasteiger charge is -2.39.